The van der Waals surface area contributed by atoms with Crippen molar-refractivity contribution in [3.05, 3.63) is 10.4 Å². The van der Waals surface area contributed by atoms with Crippen LogP contribution >= 0.6 is 0 Å². The highest BCUT2D eigenvalue weighted by Crippen LogP contribution is 2.14. The fourth-order valence-electron chi connectivity index (χ4n) is 1.14. The van der Waals surface area contributed by atoms with Gasteiger partial charge in [-0.2, -0.15) is 0 Å². The summed E-state index contributed by atoms with van der Waals surface area (Å²) in [4.78, 5) is 2.55. The fraction of sp³-hybridized carbons (Fsp3) is 1.00. The molecule has 12 heavy (non-hydrogen) atoms. The molecule has 2 N–H and O–H groups in total. The summed E-state index contributed by atoms with van der Waals surface area (Å²) in [6.07, 6.45) is -1.53. The number of nitrogens with zero attached hydrogens (tertiary/aromatic N) is 3. The van der Waals surface area contributed by atoms with Crippen LogP contribution in [0.5, 0.6) is 0 Å². The molecule has 1 unspecified atom stereocenters. The number of ether oxygens (including phenoxy) is 1. The van der Waals surface area contributed by atoms with E-state index in [1.165, 1.54) is 0 Å². The molecule has 1 heterocycles. The number of hydrogen-bond acceptors (Lipinski definition) is 4. The molecule has 0 bridgehead atoms. The van der Waals surface area contributed by atoms with Crippen molar-refractivity contribution in [1.29, 1.82) is 0 Å². The highest BCUT2D eigenvalue weighted by Gasteiger charge is 2.27. The maximum atomic E-state index is 9.30. The molecule has 1 rings (SSSR count). The summed E-state index contributed by atoms with van der Waals surface area (Å²) in [5.41, 5.74) is 8.01. The van der Waals surface area contributed by atoms with E-state index < -0.39 is 18.3 Å². The quantitative estimate of drug-likeness (QED) is 0.344. The van der Waals surface area contributed by atoms with Crippen molar-refractivity contribution < 1.29 is 14.9 Å². The Morgan fingerprint density at radius 3 is 2.92 bits per heavy atom. The SMILES string of the molecule is [N-]=[N+]=NC[C@H]1OCC(O)C[C@H]1O. The second-order valence-corrected chi connectivity index (χ2v) is 2.74. The van der Waals surface area contributed by atoms with Gasteiger partial charge in [-0.15, -0.1) is 0 Å². The molecule has 1 saturated heterocycles. The predicted molar refractivity (Wildman–Crippen MR) is 40.4 cm³/mol. The third kappa shape index (κ3) is 2.35. The van der Waals surface area contributed by atoms with E-state index in [1.54, 1.807) is 0 Å². The van der Waals surface area contributed by atoms with Gasteiger partial charge in [0.15, 0.2) is 0 Å². The van der Waals surface area contributed by atoms with Crippen molar-refractivity contribution >= 4 is 0 Å². The van der Waals surface area contributed by atoms with Gasteiger partial charge in [0.2, 0.25) is 0 Å². The van der Waals surface area contributed by atoms with Crippen LogP contribution in [0.15, 0.2) is 5.11 Å². The maximum absolute atomic E-state index is 9.30. The maximum Gasteiger partial charge on any atom is 0.0892 e. The molecule has 6 heteroatoms. The van der Waals surface area contributed by atoms with E-state index in [1.807, 2.05) is 0 Å². The lowest BCUT2D eigenvalue weighted by Gasteiger charge is -2.29. The van der Waals surface area contributed by atoms with E-state index >= 15 is 0 Å². The number of aliphatic hydroxyl groups is 2. The molecule has 0 aromatic carbocycles. The lowest BCUT2D eigenvalue weighted by atomic mass is 10.0. The van der Waals surface area contributed by atoms with Gasteiger partial charge in [0, 0.05) is 11.3 Å². The Morgan fingerprint density at radius 2 is 2.33 bits per heavy atom. The highest BCUT2D eigenvalue weighted by molar-refractivity contribution is 4.79. The Kier molecular flexibility index (Phi) is 3.31. The molecule has 0 aliphatic carbocycles. The Morgan fingerprint density at radius 1 is 1.58 bits per heavy atom. The Bertz CT molecular complexity index is 192. The molecule has 3 atom stereocenters. The molecule has 0 radical (unpaired) electrons. The number of rotatable bonds is 2. The first kappa shape index (κ1) is 9.28. The molecule has 6 nitrogen and oxygen atoms in total. The van der Waals surface area contributed by atoms with Crippen LogP contribution in [0.25, 0.3) is 10.4 Å². The third-order valence-corrected chi connectivity index (χ3v) is 1.77. The molecule has 0 aromatic heterocycles. The van der Waals surface area contributed by atoms with E-state index in [2.05, 4.69) is 10.0 Å². The topological polar surface area (TPSA) is 98.5 Å². The summed E-state index contributed by atoms with van der Waals surface area (Å²) in [6, 6.07) is 0. The van der Waals surface area contributed by atoms with Crippen molar-refractivity contribution in [1.82, 2.24) is 0 Å². The average molecular weight is 173 g/mol. The van der Waals surface area contributed by atoms with E-state index in [4.69, 9.17) is 15.4 Å². The summed E-state index contributed by atoms with van der Waals surface area (Å²) in [5.74, 6) is 0. The van der Waals surface area contributed by atoms with Gasteiger partial charge in [0.05, 0.1) is 31.5 Å². The van der Waals surface area contributed by atoms with Gasteiger partial charge in [-0.25, -0.2) is 0 Å². The monoisotopic (exact) mass is 173 g/mol. The molecule has 1 aliphatic rings. The molecular formula is C6H11N3O3. The molecule has 68 valence electrons. The van der Waals surface area contributed by atoms with E-state index in [-0.39, 0.29) is 19.6 Å². The largest absolute Gasteiger partial charge is 0.391 e. The molecule has 1 aliphatic heterocycles. The van der Waals surface area contributed by atoms with Crippen LogP contribution in [0.3, 0.4) is 0 Å². The summed E-state index contributed by atoms with van der Waals surface area (Å²) in [5, 5.41) is 21.6. The van der Waals surface area contributed by atoms with Crippen LogP contribution in [0, 0.1) is 0 Å². The first-order valence-electron chi connectivity index (χ1n) is 3.72. The van der Waals surface area contributed by atoms with Crippen LogP contribution in [0.2, 0.25) is 0 Å². The van der Waals surface area contributed by atoms with Gasteiger partial charge in [-0.05, 0) is 5.53 Å². The molecular weight excluding hydrogens is 162 g/mol. The van der Waals surface area contributed by atoms with Crippen LogP contribution in [0.1, 0.15) is 6.42 Å². The standard InChI is InChI=1S/C6H11N3O3/c7-9-8-2-6-5(11)1-4(10)3-12-6/h4-6,10-11H,1-3H2/t4?,5-,6-/m1/s1. The van der Waals surface area contributed by atoms with Gasteiger partial charge < -0.3 is 14.9 Å². The average Bonchev–Trinajstić information content (AvgIpc) is 2.03. The number of azide groups is 1. The van der Waals surface area contributed by atoms with Crippen molar-refractivity contribution in [2.24, 2.45) is 5.11 Å². The minimum Gasteiger partial charge on any atom is -0.391 e. The lowest BCUT2D eigenvalue weighted by molar-refractivity contribution is -0.118. The zero-order chi connectivity index (χ0) is 8.97. The van der Waals surface area contributed by atoms with E-state index in [0.717, 1.165) is 0 Å². The second-order valence-electron chi connectivity index (χ2n) is 2.74. The molecule has 0 aromatic rings. The minimum atomic E-state index is -0.737. The fourth-order valence-corrected chi connectivity index (χ4v) is 1.14. The smallest absolute Gasteiger partial charge is 0.0892 e. The Hall–Kier alpha value is -0.810. The summed E-state index contributed by atoms with van der Waals surface area (Å²) >= 11 is 0. The minimum absolute atomic E-state index is 0.115. The van der Waals surface area contributed by atoms with Crippen LogP contribution in [0.4, 0.5) is 0 Å². The predicted octanol–water partition coefficient (Wildman–Crippen LogP) is -0.193. The van der Waals surface area contributed by atoms with Gasteiger partial charge in [0.25, 0.3) is 0 Å². The molecule has 1 fully saturated rings. The van der Waals surface area contributed by atoms with Gasteiger partial charge in [-0.3, -0.25) is 0 Å². The molecule has 0 spiro atoms. The summed E-state index contributed by atoms with van der Waals surface area (Å²) < 4.78 is 5.04. The van der Waals surface area contributed by atoms with E-state index in [9.17, 15) is 5.11 Å². The number of aliphatic hydroxyl groups excluding tert-OH is 2. The van der Waals surface area contributed by atoms with Gasteiger partial charge >= 0.3 is 0 Å². The third-order valence-electron chi connectivity index (χ3n) is 1.77. The normalized spacial score (nSPS) is 35.7. The second kappa shape index (κ2) is 4.27. The zero-order valence-electron chi connectivity index (χ0n) is 6.50. The zero-order valence-corrected chi connectivity index (χ0v) is 6.50. The van der Waals surface area contributed by atoms with Gasteiger partial charge in [-0.1, -0.05) is 5.11 Å². The first-order chi connectivity index (χ1) is 5.74. The van der Waals surface area contributed by atoms with Crippen LogP contribution in [-0.2, 0) is 4.74 Å². The number of hydrogen-bond donors (Lipinski definition) is 2. The van der Waals surface area contributed by atoms with Crippen molar-refractivity contribution in [3.8, 4) is 0 Å². The Labute approximate surface area is 69.4 Å². The van der Waals surface area contributed by atoms with E-state index in [0.29, 0.717) is 0 Å². The Balaban J connectivity index is 2.39. The van der Waals surface area contributed by atoms with Crippen LogP contribution in [-0.4, -0.2) is 41.7 Å². The van der Waals surface area contributed by atoms with Gasteiger partial charge in [0.1, 0.15) is 0 Å². The lowest BCUT2D eigenvalue weighted by Crippen LogP contribution is -2.42. The van der Waals surface area contributed by atoms with Crippen molar-refractivity contribution in [2.75, 3.05) is 13.2 Å². The molecule has 0 saturated carbocycles. The summed E-state index contributed by atoms with van der Waals surface area (Å²) in [7, 11) is 0. The summed E-state index contributed by atoms with van der Waals surface area (Å²) in [6.45, 7) is 0.313. The van der Waals surface area contributed by atoms with Crippen LogP contribution < -0.4 is 0 Å². The first-order valence-corrected chi connectivity index (χ1v) is 3.72. The van der Waals surface area contributed by atoms with Crippen molar-refractivity contribution in [2.45, 2.75) is 24.7 Å². The molecule has 0 amide bonds. The highest BCUT2D eigenvalue weighted by atomic mass is 16.5. The van der Waals surface area contributed by atoms with Crippen molar-refractivity contribution in [3.63, 3.8) is 0 Å².